The quantitative estimate of drug-likeness (QED) is 0.631. The minimum atomic E-state index is -0.190. The van der Waals surface area contributed by atoms with E-state index < -0.39 is 0 Å². The van der Waals surface area contributed by atoms with E-state index in [-0.39, 0.29) is 11.3 Å². The molecule has 0 aromatic heterocycles. The first-order chi connectivity index (χ1) is 5.79. The fraction of sp³-hybridized carbons (Fsp3) is 0.889. The lowest BCUT2D eigenvalue weighted by Crippen LogP contribution is -2.33. The molecule has 0 spiro atoms. The van der Waals surface area contributed by atoms with Crippen molar-refractivity contribution >= 4 is 16.8 Å². The summed E-state index contributed by atoms with van der Waals surface area (Å²) in [5, 5.41) is 3.03. The maximum Gasteiger partial charge on any atom is 0.238 e. The zero-order chi connectivity index (χ0) is 8.55. The van der Waals surface area contributed by atoms with Crippen molar-refractivity contribution in [2.45, 2.75) is 31.7 Å². The number of hydrogen-bond donors (Lipinski definition) is 1. The number of carbonyl (C=O) groups is 1. The van der Waals surface area contributed by atoms with E-state index in [1.165, 1.54) is 25.7 Å². The van der Waals surface area contributed by atoms with Gasteiger partial charge in [0.25, 0.3) is 0 Å². The van der Waals surface area contributed by atoms with Crippen LogP contribution in [0.1, 0.15) is 25.7 Å². The minimum absolute atomic E-state index is 0.0445. The van der Waals surface area contributed by atoms with Crippen LogP contribution in [0.5, 0.6) is 0 Å². The molecule has 1 N–H and O–H groups in total. The van der Waals surface area contributed by atoms with Gasteiger partial charge in [-0.1, -0.05) is 12.8 Å². The van der Waals surface area contributed by atoms with E-state index >= 15 is 0 Å². The summed E-state index contributed by atoms with van der Waals surface area (Å²) >= 11 is 5.50. The van der Waals surface area contributed by atoms with Crippen molar-refractivity contribution < 1.29 is 4.79 Å². The Morgan fingerprint density at radius 1 is 1.33 bits per heavy atom. The molecule has 0 amide bonds. The second-order valence-corrected chi connectivity index (χ2v) is 4.27. The lowest BCUT2D eigenvalue weighted by molar-refractivity contribution is -0.114. The van der Waals surface area contributed by atoms with Gasteiger partial charge in [-0.05, 0) is 42.8 Å². The van der Waals surface area contributed by atoms with Gasteiger partial charge in [-0.3, -0.25) is 4.79 Å². The summed E-state index contributed by atoms with van der Waals surface area (Å²) in [4.78, 5) is 11.0. The van der Waals surface area contributed by atoms with Crippen molar-refractivity contribution in [2.75, 3.05) is 6.54 Å². The van der Waals surface area contributed by atoms with Crippen molar-refractivity contribution in [1.82, 2.24) is 5.32 Å². The van der Waals surface area contributed by atoms with Gasteiger partial charge >= 0.3 is 0 Å². The van der Waals surface area contributed by atoms with Crippen LogP contribution in [0.2, 0.25) is 0 Å². The number of hydrogen-bond acceptors (Lipinski definition) is 2. The second kappa shape index (κ2) is 3.35. The highest BCUT2D eigenvalue weighted by atomic mass is 35.5. The smallest absolute Gasteiger partial charge is 0.238 e. The lowest BCUT2D eigenvalue weighted by atomic mass is 9.79. The van der Waals surface area contributed by atoms with Crippen molar-refractivity contribution in [3.63, 3.8) is 0 Å². The van der Waals surface area contributed by atoms with Gasteiger partial charge in [0, 0.05) is 0 Å². The maximum absolute atomic E-state index is 11.0. The summed E-state index contributed by atoms with van der Waals surface area (Å²) in [6.07, 6.45) is 5.05. The third-order valence-electron chi connectivity index (χ3n) is 3.24. The molecule has 2 fully saturated rings. The van der Waals surface area contributed by atoms with Crippen LogP contribution in [0, 0.1) is 11.8 Å². The Bertz CT molecular complexity index is 195. The molecule has 2 nitrogen and oxygen atoms in total. The molecule has 1 saturated carbocycles. The number of nitrogens with one attached hydrogen (secondary N) is 1. The van der Waals surface area contributed by atoms with Crippen LogP contribution >= 0.6 is 11.6 Å². The fourth-order valence-electron chi connectivity index (χ4n) is 2.61. The molecular formula is C9H14ClNO. The SMILES string of the molecule is O=C(Cl)C1NCC2CCCCC21. The van der Waals surface area contributed by atoms with Crippen LogP contribution in [0.3, 0.4) is 0 Å². The molecule has 1 heterocycles. The highest BCUT2D eigenvalue weighted by Gasteiger charge is 2.39. The van der Waals surface area contributed by atoms with E-state index in [1.54, 1.807) is 0 Å². The van der Waals surface area contributed by atoms with Crippen molar-refractivity contribution in [3.8, 4) is 0 Å². The molecule has 2 aliphatic rings. The van der Waals surface area contributed by atoms with Crippen molar-refractivity contribution in [1.29, 1.82) is 0 Å². The van der Waals surface area contributed by atoms with Gasteiger partial charge in [0.1, 0.15) is 0 Å². The second-order valence-electron chi connectivity index (χ2n) is 3.90. The third-order valence-corrected chi connectivity index (χ3v) is 3.48. The Morgan fingerprint density at radius 3 is 2.83 bits per heavy atom. The van der Waals surface area contributed by atoms with Crippen LogP contribution in [-0.4, -0.2) is 17.8 Å². The monoisotopic (exact) mass is 187 g/mol. The van der Waals surface area contributed by atoms with Gasteiger partial charge in [-0.2, -0.15) is 0 Å². The molecular weight excluding hydrogens is 174 g/mol. The summed E-state index contributed by atoms with van der Waals surface area (Å²) < 4.78 is 0. The third kappa shape index (κ3) is 1.38. The maximum atomic E-state index is 11.0. The zero-order valence-corrected chi connectivity index (χ0v) is 7.81. The molecule has 3 heteroatoms. The predicted molar refractivity (Wildman–Crippen MR) is 48.1 cm³/mol. The van der Waals surface area contributed by atoms with Crippen LogP contribution in [0.25, 0.3) is 0 Å². The topological polar surface area (TPSA) is 29.1 Å². The van der Waals surface area contributed by atoms with E-state index in [4.69, 9.17) is 11.6 Å². The predicted octanol–water partition coefficient (Wildman–Crippen LogP) is 1.53. The Kier molecular flexibility index (Phi) is 2.37. The Balaban J connectivity index is 2.05. The molecule has 1 saturated heterocycles. The first-order valence-electron chi connectivity index (χ1n) is 4.72. The minimum Gasteiger partial charge on any atom is -0.306 e. The van der Waals surface area contributed by atoms with E-state index in [2.05, 4.69) is 5.32 Å². The summed E-state index contributed by atoms with van der Waals surface area (Å²) in [6, 6.07) is -0.0445. The van der Waals surface area contributed by atoms with Crippen LogP contribution in [-0.2, 0) is 4.79 Å². The molecule has 3 unspecified atom stereocenters. The Hall–Kier alpha value is -0.0800. The molecule has 12 heavy (non-hydrogen) atoms. The van der Waals surface area contributed by atoms with Gasteiger partial charge in [-0.25, -0.2) is 0 Å². The standard InChI is InChI=1S/C9H14ClNO/c10-9(12)8-7-4-2-1-3-6(7)5-11-8/h6-8,11H,1-5H2. The molecule has 0 radical (unpaired) electrons. The summed E-state index contributed by atoms with van der Waals surface area (Å²) in [5.74, 6) is 1.25. The van der Waals surface area contributed by atoms with E-state index in [0.29, 0.717) is 11.8 Å². The van der Waals surface area contributed by atoms with Gasteiger partial charge < -0.3 is 5.32 Å². The molecule has 0 bridgehead atoms. The lowest BCUT2D eigenvalue weighted by Gasteiger charge is -2.26. The number of rotatable bonds is 1. The largest absolute Gasteiger partial charge is 0.306 e. The highest BCUT2D eigenvalue weighted by molar-refractivity contribution is 6.64. The average Bonchev–Trinajstić information content (AvgIpc) is 2.47. The van der Waals surface area contributed by atoms with Crippen molar-refractivity contribution in [3.05, 3.63) is 0 Å². The van der Waals surface area contributed by atoms with Gasteiger partial charge in [0.05, 0.1) is 6.04 Å². The summed E-state index contributed by atoms with van der Waals surface area (Å²) in [6.45, 7) is 0.994. The van der Waals surface area contributed by atoms with Gasteiger partial charge in [0.2, 0.25) is 5.24 Å². The average molecular weight is 188 g/mol. The normalized spacial score (nSPS) is 40.9. The summed E-state index contributed by atoms with van der Waals surface area (Å²) in [7, 11) is 0. The van der Waals surface area contributed by atoms with Gasteiger partial charge in [0.15, 0.2) is 0 Å². The van der Waals surface area contributed by atoms with Crippen LogP contribution < -0.4 is 5.32 Å². The number of fused-ring (bicyclic) bond motifs is 1. The molecule has 0 aromatic rings. The zero-order valence-electron chi connectivity index (χ0n) is 7.05. The van der Waals surface area contributed by atoms with E-state index in [0.717, 1.165) is 6.54 Å². The molecule has 68 valence electrons. The van der Waals surface area contributed by atoms with Gasteiger partial charge in [-0.15, -0.1) is 0 Å². The number of halogens is 1. The molecule has 3 atom stereocenters. The highest BCUT2D eigenvalue weighted by Crippen LogP contribution is 2.36. The number of carbonyl (C=O) groups excluding carboxylic acids is 1. The van der Waals surface area contributed by atoms with E-state index in [1.807, 2.05) is 0 Å². The molecule has 2 rings (SSSR count). The summed E-state index contributed by atoms with van der Waals surface area (Å²) in [5.41, 5.74) is 0. The fourth-order valence-corrected chi connectivity index (χ4v) is 2.85. The first-order valence-corrected chi connectivity index (χ1v) is 5.09. The van der Waals surface area contributed by atoms with Crippen LogP contribution in [0.15, 0.2) is 0 Å². The van der Waals surface area contributed by atoms with Crippen molar-refractivity contribution in [2.24, 2.45) is 11.8 Å². The first kappa shape index (κ1) is 8.52. The Labute approximate surface area is 77.7 Å². The molecule has 1 aliphatic carbocycles. The molecule has 1 aliphatic heterocycles. The molecule has 0 aromatic carbocycles. The van der Waals surface area contributed by atoms with Crippen LogP contribution in [0.4, 0.5) is 0 Å². The Morgan fingerprint density at radius 2 is 2.08 bits per heavy atom. The van der Waals surface area contributed by atoms with E-state index in [9.17, 15) is 4.79 Å².